The molecule has 9 nitrogen and oxygen atoms in total. The van der Waals surface area contributed by atoms with Crippen LogP contribution in [0.3, 0.4) is 0 Å². The summed E-state index contributed by atoms with van der Waals surface area (Å²) in [5, 5.41) is 21.0. The minimum atomic E-state index is -4.73. The molecule has 2 aromatic carbocycles. The Morgan fingerprint density at radius 2 is 1.92 bits per heavy atom. The number of rotatable bonds is 8. The van der Waals surface area contributed by atoms with Crippen LogP contribution in [0.15, 0.2) is 65.3 Å². The quantitative estimate of drug-likeness (QED) is 0.344. The fourth-order valence-corrected chi connectivity index (χ4v) is 4.76. The highest BCUT2D eigenvalue weighted by Gasteiger charge is 2.40. The Kier molecular flexibility index (Phi) is 7.49. The first-order chi connectivity index (χ1) is 18.7. The Bertz CT molecular complexity index is 1420. The number of aliphatic hydroxyl groups excluding tert-OH is 1. The maximum atomic E-state index is 14.0. The first-order valence-electron chi connectivity index (χ1n) is 12.5. The highest BCUT2D eigenvalue weighted by atomic mass is 19.4. The van der Waals surface area contributed by atoms with Gasteiger partial charge in [0.05, 0.1) is 17.4 Å². The number of amides is 1. The van der Waals surface area contributed by atoms with E-state index in [9.17, 15) is 23.1 Å². The van der Waals surface area contributed by atoms with E-state index in [1.807, 2.05) is 0 Å². The molecule has 2 aromatic heterocycles. The molecule has 0 radical (unpaired) electrons. The molecule has 0 spiro atoms. The number of benzene rings is 2. The molecule has 0 bridgehead atoms. The van der Waals surface area contributed by atoms with E-state index in [-0.39, 0.29) is 23.0 Å². The highest BCUT2D eigenvalue weighted by molar-refractivity contribution is 5.82. The van der Waals surface area contributed by atoms with E-state index in [1.165, 1.54) is 24.3 Å². The summed E-state index contributed by atoms with van der Waals surface area (Å²) in [5.74, 6) is -0.784. The Morgan fingerprint density at radius 1 is 1.18 bits per heavy atom. The molecule has 0 unspecified atom stereocenters. The van der Waals surface area contributed by atoms with Gasteiger partial charge in [-0.2, -0.15) is 23.3 Å². The van der Waals surface area contributed by atoms with Gasteiger partial charge in [-0.15, -0.1) is 0 Å². The summed E-state index contributed by atoms with van der Waals surface area (Å²) in [6, 6.07) is 14.6. The minimum Gasteiger partial charge on any atom is -0.378 e. The lowest BCUT2D eigenvalue weighted by Crippen LogP contribution is -2.34. The smallest absolute Gasteiger partial charge is 0.378 e. The summed E-state index contributed by atoms with van der Waals surface area (Å²) >= 11 is 0. The fourth-order valence-electron chi connectivity index (χ4n) is 4.76. The third-order valence-electron chi connectivity index (χ3n) is 6.88. The number of alkyl halides is 3. The normalized spacial score (nSPS) is 16.9. The van der Waals surface area contributed by atoms with Gasteiger partial charge in [-0.25, -0.2) is 4.68 Å². The molecule has 0 aliphatic carbocycles. The van der Waals surface area contributed by atoms with Crippen molar-refractivity contribution in [2.75, 3.05) is 20.1 Å². The van der Waals surface area contributed by atoms with Crippen LogP contribution >= 0.6 is 0 Å². The van der Waals surface area contributed by atoms with Crippen molar-refractivity contribution in [1.82, 2.24) is 30.1 Å². The van der Waals surface area contributed by atoms with E-state index in [2.05, 4.69) is 32.5 Å². The van der Waals surface area contributed by atoms with E-state index >= 15 is 0 Å². The van der Waals surface area contributed by atoms with Crippen molar-refractivity contribution in [2.24, 2.45) is 0 Å². The van der Waals surface area contributed by atoms with Gasteiger partial charge in [0.1, 0.15) is 0 Å². The number of aromatic nitrogens is 4. The molecule has 3 heterocycles. The molecule has 2 N–H and O–H groups in total. The molecular weight excluding hydrogens is 513 g/mol. The van der Waals surface area contributed by atoms with Crippen LogP contribution < -0.4 is 5.32 Å². The average Bonchev–Trinajstić information content (AvgIpc) is 3.68. The Hall–Kier alpha value is -4.03. The number of hydrogen-bond acceptors (Lipinski definition) is 7. The first kappa shape index (κ1) is 26.6. The van der Waals surface area contributed by atoms with Gasteiger partial charge in [0.25, 0.3) is 11.8 Å². The van der Waals surface area contributed by atoms with Crippen molar-refractivity contribution in [1.29, 1.82) is 0 Å². The van der Waals surface area contributed by atoms with Gasteiger partial charge in [0, 0.05) is 18.2 Å². The summed E-state index contributed by atoms with van der Waals surface area (Å²) in [5.41, 5.74) is -0.346. The average molecular weight is 541 g/mol. The van der Waals surface area contributed by atoms with Crippen molar-refractivity contribution >= 4 is 5.91 Å². The fraction of sp³-hybridized carbons (Fsp3) is 0.333. The van der Waals surface area contributed by atoms with Crippen LogP contribution in [0.25, 0.3) is 28.5 Å². The van der Waals surface area contributed by atoms with Crippen LogP contribution in [-0.4, -0.2) is 62.0 Å². The lowest BCUT2D eigenvalue weighted by atomic mass is 10.1. The first-order valence-corrected chi connectivity index (χ1v) is 12.5. The molecule has 204 valence electrons. The number of halogens is 3. The van der Waals surface area contributed by atoms with E-state index in [0.29, 0.717) is 23.7 Å². The summed E-state index contributed by atoms with van der Waals surface area (Å²) in [6.07, 6.45) is -2.00. The largest absolute Gasteiger partial charge is 0.434 e. The number of nitrogens with zero attached hydrogens (tertiary/aromatic N) is 5. The number of nitrogens with one attached hydrogen (secondary N) is 1. The summed E-state index contributed by atoms with van der Waals surface area (Å²) < 4.78 is 47.9. The summed E-state index contributed by atoms with van der Waals surface area (Å²) in [4.78, 5) is 18.8. The number of likely N-dealkylation sites (tertiary alicyclic amines) is 1. The van der Waals surface area contributed by atoms with Gasteiger partial charge in [-0.1, -0.05) is 47.6 Å². The standard InChI is InChI=1S/C27H27F3N6O3/c1-35-15-5-8-19(35)13-14-31-25(38)22(37)17-9-11-18(12-10-17)24-33-26(39-34-24)21-16-32-36(23(21)27(28,29)30)20-6-3-2-4-7-20/h2-4,6-7,9-12,16,19,22,37H,5,8,13-15H2,1H3,(H,31,38)/t19-,22+/m0/s1. The topological polar surface area (TPSA) is 109 Å². The Balaban J connectivity index is 1.29. The Morgan fingerprint density at radius 3 is 2.59 bits per heavy atom. The second-order valence-corrected chi connectivity index (χ2v) is 9.46. The highest BCUT2D eigenvalue weighted by Crippen LogP contribution is 2.38. The van der Waals surface area contributed by atoms with Crippen LogP contribution in [0.2, 0.25) is 0 Å². The zero-order chi connectivity index (χ0) is 27.6. The number of carbonyl (C=O) groups excluding carboxylic acids is 1. The molecule has 1 fully saturated rings. The van der Waals surface area contributed by atoms with Crippen molar-refractivity contribution in [2.45, 2.75) is 37.6 Å². The third-order valence-corrected chi connectivity index (χ3v) is 6.88. The van der Waals surface area contributed by atoms with E-state index in [0.717, 1.165) is 36.7 Å². The van der Waals surface area contributed by atoms with Gasteiger partial charge >= 0.3 is 6.18 Å². The monoisotopic (exact) mass is 540 g/mol. The van der Waals surface area contributed by atoms with E-state index in [1.54, 1.807) is 30.3 Å². The SMILES string of the molecule is CN1CCC[C@H]1CCNC(=O)[C@H](O)c1ccc(-c2noc(-c3cnn(-c4ccccc4)c3C(F)(F)F)n2)cc1. The van der Waals surface area contributed by atoms with Crippen molar-refractivity contribution in [3.63, 3.8) is 0 Å². The molecule has 2 atom stereocenters. The maximum Gasteiger partial charge on any atom is 0.434 e. The van der Waals surface area contributed by atoms with Gasteiger partial charge in [0.2, 0.25) is 5.82 Å². The minimum absolute atomic E-state index is 0.0526. The molecule has 0 saturated carbocycles. The van der Waals surface area contributed by atoms with Crippen LogP contribution in [0.5, 0.6) is 0 Å². The van der Waals surface area contributed by atoms with Crippen molar-refractivity contribution < 1.29 is 27.6 Å². The number of carbonyl (C=O) groups is 1. The number of hydrogen-bond donors (Lipinski definition) is 2. The molecule has 39 heavy (non-hydrogen) atoms. The third kappa shape index (κ3) is 5.71. The zero-order valence-electron chi connectivity index (χ0n) is 21.1. The van der Waals surface area contributed by atoms with Gasteiger partial charge in [0.15, 0.2) is 11.8 Å². The molecule has 5 rings (SSSR count). The Labute approximate surface area is 222 Å². The molecular formula is C27H27F3N6O3. The molecule has 1 aliphatic rings. The van der Waals surface area contributed by atoms with E-state index < -0.39 is 23.9 Å². The second-order valence-electron chi connectivity index (χ2n) is 9.46. The lowest BCUT2D eigenvalue weighted by Gasteiger charge is -2.20. The number of aliphatic hydroxyl groups is 1. The summed E-state index contributed by atoms with van der Waals surface area (Å²) in [6.45, 7) is 1.52. The molecule has 12 heteroatoms. The predicted octanol–water partition coefficient (Wildman–Crippen LogP) is 4.24. The molecule has 4 aromatic rings. The van der Waals surface area contributed by atoms with Gasteiger partial charge in [-0.3, -0.25) is 4.79 Å². The number of para-hydroxylation sites is 1. The lowest BCUT2D eigenvalue weighted by molar-refractivity contribution is -0.142. The van der Waals surface area contributed by atoms with Crippen molar-refractivity contribution in [3.8, 4) is 28.5 Å². The zero-order valence-corrected chi connectivity index (χ0v) is 21.1. The second kappa shape index (κ2) is 11.0. The van der Waals surface area contributed by atoms with Crippen molar-refractivity contribution in [3.05, 3.63) is 72.1 Å². The van der Waals surface area contributed by atoms with Crippen LogP contribution in [0, 0.1) is 0 Å². The van der Waals surface area contributed by atoms with Crippen LogP contribution in [0.4, 0.5) is 13.2 Å². The van der Waals surface area contributed by atoms with E-state index in [4.69, 9.17) is 4.52 Å². The molecule has 1 amide bonds. The van der Waals surface area contributed by atoms with Gasteiger partial charge in [-0.05, 0) is 50.6 Å². The van der Waals surface area contributed by atoms with Gasteiger partial charge < -0.3 is 19.8 Å². The molecule has 1 aliphatic heterocycles. The molecule has 1 saturated heterocycles. The van der Waals surface area contributed by atoms with Crippen LogP contribution in [0.1, 0.15) is 36.6 Å². The maximum absolute atomic E-state index is 14.0. The predicted molar refractivity (Wildman–Crippen MR) is 136 cm³/mol. The van der Waals surface area contributed by atoms with Crippen LogP contribution in [-0.2, 0) is 11.0 Å². The summed E-state index contributed by atoms with van der Waals surface area (Å²) in [7, 11) is 2.06.